The number of para-hydroxylation sites is 1. The van der Waals surface area contributed by atoms with Crippen molar-refractivity contribution in [3.8, 4) is 5.75 Å². The summed E-state index contributed by atoms with van der Waals surface area (Å²) in [5, 5.41) is 9.51. The first kappa shape index (κ1) is 15.9. The summed E-state index contributed by atoms with van der Waals surface area (Å²) in [6.45, 7) is 3.71. The van der Waals surface area contributed by atoms with Gasteiger partial charge < -0.3 is 14.4 Å². The minimum atomic E-state index is -4.79. The van der Waals surface area contributed by atoms with Gasteiger partial charge in [-0.3, -0.25) is 0 Å². The summed E-state index contributed by atoms with van der Waals surface area (Å²) in [6.07, 6.45) is 0.613. The minimum absolute atomic E-state index is 0. The Hall–Kier alpha value is -0.110. The molecule has 0 aliphatic carbocycles. The van der Waals surface area contributed by atoms with Gasteiger partial charge in [-0.2, -0.15) is 0 Å². The van der Waals surface area contributed by atoms with Gasteiger partial charge in [0.2, 0.25) is 0 Å². The van der Waals surface area contributed by atoms with Gasteiger partial charge in [0, 0.05) is 12.0 Å². The average Bonchev–Trinajstić information content (AvgIpc) is 2.48. The van der Waals surface area contributed by atoms with E-state index in [2.05, 4.69) is 0 Å². The Balaban J connectivity index is 0.00000162. The topological polar surface area (TPSA) is 86.7 Å². The van der Waals surface area contributed by atoms with Gasteiger partial charge in [0.05, 0.1) is 0 Å². The number of ether oxygens (including phenoxy) is 1. The second-order valence-electron chi connectivity index (χ2n) is 4.72. The Morgan fingerprint density at radius 3 is 2.61 bits per heavy atom. The molecule has 1 aromatic carbocycles. The van der Waals surface area contributed by atoms with Crippen LogP contribution in [0.1, 0.15) is 30.4 Å². The Morgan fingerprint density at radius 2 is 2.06 bits per heavy atom. The van der Waals surface area contributed by atoms with E-state index in [1.807, 2.05) is 13.8 Å². The van der Waals surface area contributed by atoms with E-state index in [-0.39, 0.29) is 35.1 Å². The Kier molecular flexibility index (Phi) is 4.53. The van der Waals surface area contributed by atoms with Crippen LogP contribution < -0.4 is 34.3 Å². The van der Waals surface area contributed by atoms with Crippen molar-refractivity contribution in [1.82, 2.24) is 0 Å². The normalized spacial score (nSPS) is 18.4. The van der Waals surface area contributed by atoms with Crippen LogP contribution in [0.25, 0.3) is 0 Å². The molecule has 0 saturated carbocycles. The second-order valence-corrected chi connectivity index (χ2v) is 6.15. The second kappa shape index (κ2) is 5.11. The van der Waals surface area contributed by atoms with Crippen molar-refractivity contribution >= 4 is 10.1 Å². The number of fused-ring (bicyclic) bond motifs is 1. The summed E-state index contributed by atoms with van der Waals surface area (Å²) in [5.74, 6) is 0.310. The minimum Gasteiger partial charge on any atom is -0.746 e. The zero-order chi connectivity index (χ0) is 12.8. The molecule has 1 heterocycles. The van der Waals surface area contributed by atoms with E-state index in [0.29, 0.717) is 12.2 Å². The number of aliphatic hydroxyl groups excluding tert-OH is 1. The molecular weight excluding hydrogens is 267 g/mol. The first-order valence-corrected chi connectivity index (χ1v) is 6.61. The summed E-state index contributed by atoms with van der Waals surface area (Å²) in [4.78, 5) is 0. The largest absolute Gasteiger partial charge is 1.00 e. The maximum absolute atomic E-state index is 10.8. The molecule has 1 unspecified atom stereocenters. The predicted molar refractivity (Wildman–Crippen MR) is 59.5 cm³/mol. The summed E-state index contributed by atoms with van der Waals surface area (Å²) in [5.41, 5.74) is -1.71. The van der Waals surface area contributed by atoms with Crippen molar-refractivity contribution in [1.29, 1.82) is 0 Å². The van der Waals surface area contributed by atoms with Crippen LogP contribution in [0.3, 0.4) is 0 Å². The van der Waals surface area contributed by atoms with E-state index >= 15 is 0 Å². The van der Waals surface area contributed by atoms with E-state index in [1.54, 1.807) is 12.1 Å². The first-order valence-electron chi connectivity index (χ1n) is 5.14. The average molecular weight is 280 g/mol. The van der Waals surface area contributed by atoms with Crippen molar-refractivity contribution in [2.24, 2.45) is 0 Å². The van der Waals surface area contributed by atoms with Crippen molar-refractivity contribution < 1.29 is 52.4 Å². The van der Waals surface area contributed by atoms with Crippen LogP contribution in [0.2, 0.25) is 0 Å². The Labute approximate surface area is 128 Å². The molecule has 1 aliphatic rings. The molecule has 94 valence electrons. The van der Waals surface area contributed by atoms with Crippen LogP contribution in [-0.4, -0.2) is 23.7 Å². The summed E-state index contributed by atoms with van der Waals surface area (Å²) < 4.78 is 38.1. The summed E-state index contributed by atoms with van der Waals surface area (Å²) >= 11 is 0. The zero-order valence-electron chi connectivity index (χ0n) is 10.5. The molecule has 0 bridgehead atoms. The fourth-order valence-corrected chi connectivity index (χ4v) is 2.49. The Morgan fingerprint density at radius 1 is 1.44 bits per heavy atom. The number of benzene rings is 1. The van der Waals surface area contributed by atoms with Gasteiger partial charge in [0.15, 0.2) is 5.44 Å². The number of hydrogen-bond donors (Lipinski definition) is 1. The third kappa shape index (κ3) is 3.07. The quantitative estimate of drug-likeness (QED) is 0.497. The van der Waals surface area contributed by atoms with Crippen LogP contribution in [0.5, 0.6) is 5.75 Å². The Bertz CT molecular complexity index is 553. The van der Waals surface area contributed by atoms with Crippen molar-refractivity contribution in [3.63, 3.8) is 0 Å². The van der Waals surface area contributed by atoms with Crippen molar-refractivity contribution in [2.75, 3.05) is 0 Å². The summed E-state index contributed by atoms with van der Waals surface area (Å²) in [6, 6.07) is 4.78. The molecule has 1 aromatic rings. The monoisotopic (exact) mass is 280 g/mol. The predicted octanol–water partition coefficient (Wildman–Crippen LogP) is -2.06. The van der Waals surface area contributed by atoms with Gasteiger partial charge in [-0.05, 0) is 19.4 Å². The maximum atomic E-state index is 10.8. The molecule has 5 nitrogen and oxygen atoms in total. The van der Waals surface area contributed by atoms with Crippen LogP contribution in [0, 0.1) is 0 Å². The molecule has 0 aromatic heterocycles. The van der Waals surface area contributed by atoms with E-state index in [9.17, 15) is 18.1 Å². The van der Waals surface area contributed by atoms with Gasteiger partial charge in [-0.25, -0.2) is 8.42 Å². The van der Waals surface area contributed by atoms with Gasteiger partial charge in [0.25, 0.3) is 0 Å². The third-order valence-corrected chi connectivity index (χ3v) is 3.46. The molecule has 0 saturated heterocycles. The van der Waals surface area contributed by atoms with Crippen molar-refractivity contribution in [3.05, 3.63) is 29.3 Å². The molecule has 1 atom stereocenters. The van der Waals surface area contributed by atoms with E-state index in [1.165, 1.54) is 6.07 Å². The number of aliphatic hydroxyl groups is 1. The number of hydrogen-bond acceptors (Lipinski definition) is 5. The molecule has 2 rings (SSSR count). The zero-order valence-corrected chi connectivity index (χ0v) is 13.3. The van der Waals surface area contributed by atoms with Gasteiger partial charge in [0.1, 0.15) is 21.5 Å². The van der Waals surface area contributed by atoms with Gasteiger partial charge in [-0.15, -0.1) is 0 Å². The molecule has 0 amide bonds. The van der Waals surface area contributed by atoms with Crippen LogP contribution in [0.15, 0.2) is 18.2 Å². The van der Waals surface area contributed by atoms with Gasteiger partial charge in [-0.1, -0.05) is 18.2 Å². The fourth-order valence-electron chi connectivity index (χ4n) is 1.99. The molecule has 1 N–H and O–H groups in total. The van der Waals surface area contributed by atoms with Crippen LogP contribution in [0.4, 0.5) is 0 Å². The molecule has 0 spiro atoms. The third-order valence-electron chi connectivity index (χ3n) is 2.66. The van der Waals surface area contributed by atoms with E-state index in [4.69, 9.17) is 4.74 Å². The van der Waals surface area contributed by atoms with Crippen LogP contribution >= 0.6 is 0 Å². The standard InChI is InChI=1S/C11H14O5S.Na/c1-11(2)6-7-4-3-5-8(9(7)16-11)10(12)17(13,14)15;/h3-5,10,12H,6H2,1-2H3,(H,13,14,15);/q;+1/p-1. The van der Waals surface area contributed by atoms with Crippen LogP contribution in [-0.2, 0) is 16.5 Å². The molecule has 7 heteroatoms. The van der Waals surface area contributed by atoms with E-state index < -0.39 is 21.2 Å². The number of rotatable bonds is 2. The molecule has 18 heavy (non-hydrogen) atoms. The molecule has 0 fully saturated rings. The first-order chi connectivity index (χ1) is 7.71. The molecular formula is C11H13NaO5S. The smallest absolute Gasteiger partial charge is 0.746 e. The van der Waals surface area contributed by atoms with Crippen molar-refractivity contribution in [2.45, 2.75) is 31.3 Å². The SMILES string of the molecule is CC1(C)Cc2cccc(C(O)S(=O)(=O)[O-])c2O1.[Na+]. The maximum Gasteiger partial charge on any atom is 1.00 e. The molecule has 0 radical (unpaired) electrons. The molecule has 1 aliphatic heterocycles. The fraction of sp³-hybridized carbons (Fsp3) is 0.455. The van der Waals surface area contributed by atoms with E-state index in [0.717, 1.165) is 5.56 Å². The van der Waals surface area contributed by atoms with Gasteiger partial charge >= 0.3 is 29.6 Å². The summed E-state index contributed by atoms with van der Waals surface area (Å²) in [7, 11) is -4.79.